The van der Waals surface area contributed by atoms with Gasteiger partial charge in [-0.05, 0) is 53.9 Å². The summed E-state index contributed by atoms with van der Waals surface area (Å²) in [6.45, 7) is 1.89. The average Bonchev–Trinajstić information content (AvgIpc) is 3.60. The molecule has 5 aromatic rings. The topological polar surface area (TPSA) is 118 Å². The van der Waals surface area contributed by atoms with Crippen molar-refractivity contribution in [3.63, 3.8) is 0 Å². The van der Waals surface area contributed by atoms with E-state index < -0.39 is 5.97 Å². The van der Waals surface area contributed by atoms with Crippen molar-refractivity contribution < 1.29 is 15.0 Å². The maximum Gasteiger partial charge on any atom is 0.354 e. The molecule has 1 aliphatic heterocycles. The molecular formula is C28H26N6O4. The summed E-state index contributed by atoms with van der Waals surface area (Å²) >= 11 is 0. The fraction of sp³-hybridized carbons (Fsp3) is 0.214. The highest BCUT2D eigenvalue weighted by Crippen LogP contribution is 2.28. The number of aromatic nitrogens is 5. The zero-order valence-electron chi connectivity index (χ0n) is 20.7. The molecule has 2 aromatic carbocycles. The van der Waals surface area contributed by atoms with E-state index in [9.17, 15) is 19.8 Å². The van der Waals surface area contributed by atoms with Gasteiger partial charge in [-0.25, -0.2) is 19.6 Å². The van der Waals surface area contributed by atoms with Crippen molar-refractivity contribution in [3.8, 4) is 22.6 Å². The van der Waals surface area contributed by atoms with E-state index in [-0.39, 0.29) is 23.2 Å². The molecule has 4 heterocycles. The zero-order chi connectivity index (χ0) is 26.4. The lowest BCUT2D eigenvalue weighted by Crippen LogP contribution is -2.29. The summed E-state index contributed by atoms with van der Waals surface area (Å²) in [5.74, 6) is -0.121. The number of likely N-dealkylation sites (tertiary alicyclic amines) is 1. The van der Waals surface area contributed by atoms with Crippen LogP contribution in [0.1, 0.15) is 28.8 Å². The van der Waals surface area contributed by atoms with Gasteiger partial charge >= 0.3 is 11.7 Å². The summed E-state index contributed by atoms with van der Waals surface area (Å²) < 4.78 is 5.07. The third kappa shape index (κ3) is 4.04. The van der Waals surface area contributed by atoms with Gasteiger partial charge in [-0.1, -0.05) is 24.3 Å². The van der Waals surface area contributed by atoms with E-state index in [0.29, 0.717) is 24.6 Å². The first-order valence-corrected chi connectivity index (χ1v) is 12.3. The molecule has 1 saturated heterocycles. The molecule has 0 spiro atoms. The van der Waals surface area contributed by atoms with Gasteiger partial charge in [-0.15, -0.1) is 0 Å². The molecule has 6 rings (SSSR count). The van der Waals surface area contributed by atoms with E-state index >= 15 is 0 Å². The number of aromatic hydroxyl groups is 1. The van der Waals surface area contributed by atoms with Gasteiger partial charge in [-0.3, -0.25) is 14.0 Å². The van der Waals surface area contributed by atoms with Crippen LogP contribution in [0.2, 0.25) is 0 Å². The highest BCUT2D eigenvalue weighted by Gasteiger charge is 2.30. The molecule has 0 radical (unpaired) electrons. The van der Waals surface area contributed by atoms with Gasteiger partial charge in [0, 0.05) is 26.3 Å². The van der Waals surface area contributed by atoms with Gasteiger partial charge in [0.2, 0.25) is 0 Å². The van der Waals surface area contributed by atoms with Gasteiger partial charge in [0.15, 0.2) is 5.65 Å². The monoisotopic (exact) mass is 510 g/mol. The largest absolute Gasteiger partial charge is 0.508 e. The molecule has 10 heteroatoms. The molecule has 1 atom stereocenters. The van der Waals surface area contributed by atoms with Crippen molar-refractivity contribution in [2.24, 2.45) is 7.05 Å². The summed E-state index contributed by atoms with van der Waals surface area (Å²) in [5, 5.41) is 18.9. The predicted molar refractivity (Wildman–Crippen MR) is 142 cm³/mol. The number of rotatable bonds is 6. The van der Waals surface area contributed by atoms with E-state index in [1.807, 2.05) is 48.5 Å². The van der Waals surface area contributed by atoms with Crippen LogP contribution in [-0.4, -0.2) is 57.8 Å². The molecule has 2 N–H and O–H groups in total. The number of imidazole rings is 2. The summed E-state index contributed by atoms with van der Waals surface area (Å²) in [6, 6.07) is 18.4. The second-order valence-electron chi connectivity index (χ2n) is 9.53. The number of carbonyl (C=O) groups is 1. The van der Waals surface area contributed by atoms with Crippen molar-refractivity contribution in [1.82, 2.24) is 28.6 Å². The molecule has 1 unspecified atom stereocenters. The molecule has 0 amide bonds. The van der Waals surface area contributed by atoms with Crippen LogP contribution < -0.4 is 5.69 Å². The molecule has 1 aliphatic rings. The fourth-order valence-corrected chi connectivity index (χ4v) is 5.25. The number of phenols is 1. The minimum Gasteiger partial charge on any atom is -0.508 e. The lowest BCUT2D eigenvalue weighted by Gasteiger charge is -2.16. The summed E-state index contributed by atoms with van der Waals surface area (Å²) in [7, 11) is 1.70. The number of phenolic OH excluding ortho intramolecular Hbond substituents is 1. The van der Waals surface area contributed by atoms with Gasteiger partial charge < -0.3 is 14.8 Å². The Labute approximate surface area is 217 Å². The van der Waals surface area contributed by atoms with Gasteiger partial charge in [0.25, 0.3) is 0 Å². The van der Waals surface area contributed by atoms with Crippen molar-refractivity contribution in [2.45, 2.75) is 19.0 Å². The molecule has 0 saturated carbocycles. The Balaban J connectivity index is 1.30. The van der Waals surface area contributed by atoms with E-state index in [1.165, 1.54) is 6.20 Å². The number of hydrogen-bond donors (Lipinski definition) is 2. The van der Waals surface area contributed by atoms with E-state index in [4.69, 9.17) is 0 Å². The highest BCUT2D eigenvalue weighted by atomic mass is 16.4. The second kappa shape index (κ2) is 9.31. The number of hydrogen-bond acceptors (Lipinski definition) is 6. The molecule has 192 valence electrons. The van der Waals surface area contributed by atoms with Crippen molar-refractivity contribution in [1.29, 1.82) is 0 Å². The second-order valence-corrected chi connectivity index (χ2v) is 9.53. The van der Waals surface area contributed by atoms with Crippen LogP contribution in [0.4, 0.5) is 0 Å². The smallest absolute Gasteiger partial charge is 0.354 e. The maximum absolute atomic E-state index is 13.8. The number of aromatic carboxylic acids is 1. The van der Waals surface area contributed by atoms with Gasteiger partial charge in [-0.2, -0.15) is 0 Å². The molecular weight excluding hydrogens is 484 g/mol. The van der Waals surface area contributed by atoms with Crippen LogP contribution in [0.3, 0.4) is 0 Å². The minimum atomic E-state index is -1.01. The molecule has 0 aliphatic carbocycles. The molecule has 0 bridgehead atoms. The van der Waals surface area contributed by atoms with E-state index in [0.717, 1.165) is 35.3 Å². The van der Waals surface area contributed by atoms with Crippen molar-refractivity contribution in [2.75, 3.05) is 13.1 Å². The van der Waals surface area contributed by atoms with Crippen LogP contribution in [0.15, 0.2) is 77.9 Å². The molecule has 3 aromatic heterocycles. The number of carboxylic acid groups (broad SMARTS) is 1. The number of nitrogens with zero attached hydrogens (tertiary/aromatic N) is 6. The maximum atomic E-state index is 13.8. The third-order valence-electron chi connectivity index (χ3n) is 7.24. The Hall–Kier alpha value is -4.70. The number of carboxylic acids is 1. The quantitative estimate of drug-likeness (QED) is 0.359. The zero-order valence-corrected chi connectivity index (χ0v) is 20.7. The Bertz CT molecular complexity index is 1700. The van der Waals surface area contributed by atoms with Crippen LogP contribution in [0, 0.1) is 0 Å². The van der Waals surface area contributed by atoms with E-state index in [2.05, 4.69) is 14.9 Å². The van der Waals surface area contributed by atoms with E-state index in [1.54, 1.807) is 39.1 Å². The van der Waals surface area contributed by atoms with Crippen LogP contribution in [-0.2, 0) is 13.6 Å². The lowest BCUT2D eigenvalue weighted by molar-refractivity contribution is 0.0686. The first-order valence-electron chi connectivity index (χ1n) is 12.3. The standard InChI is InChI=1S/C28H26N6O4/c1-31-24(27(36)37)15-30-25(31)17-32-14-12-21(16-32)34-26-23(3-2-13-29-26)33(28(34)38)20-8-4-18(5-9-20)19-6-10-22(35)11-7-19/h2-11,13,15,21,35H,12,14,16-17H2,1H3,(H,36,37). The Morgan fingerprint density at radius 3 is 2.42 bits per heavy atom. The predicted octanol–water partition coefficient (Wildman–Crippen LogP) is 3.44. The summed E-state index contributed by atoms with van der Waals surface area (Å²) in [4.78, 5) is 36.2. The molecule has 10 nitrogen and oxygen atoms in total. The first kappa shape index (κ1) is 23.7. The SMILES string of the molecule is Cn1c(C(=O)O)cnc1CN1CCC(n2c(=O)n(-c3ccc(-c4ccc(O)cc4)cc3)c3cccnc32)C1. The van der Waals surface area contributed by atoms with Crippen LogP contribution in [0.5, 0.6) is 5.75 Å². The summed E-state index contributed by atoms with van der Waals surface area (Å²) in [6.07, 6.45) is 3.84. The Morgan fingerprint density at radius 1 is 1.03 bits per heavy atom. The average molecular weight is 511 g/mol. The number of benzene rings is 2. The fourth-order valence-electron chi connectivity index (χ4n) is 5.25. The lowest BCUT2D eigenvalue weighted by atomic mass is 10.1. The third-order valence-corrected chi connectivity index (χ3v) is 7.24. The highest BCUT2D eigenvalue weighted by molar-refractivity contribution is 5.85. The van der Waals surface area contributed by atoms with Crippen LogP contribution >= 0.6 is 0 Å². The Morgan fingerprint density at radius 2 is 1.74 bits per heavy atom. The van der Waals surface area contributed by atoms with Crippen molar-refractivity contribution >= 4 is 17.1 Å². The Kier molecular flexibility index (Phi) is 5.80. The molecule has 38 heavy (non-hydrogen) atoms. The van der Waals surface area contributed by atoms with Crippen LogP contribution in [0.25, 0.3) is 28.0 Å². The van der Waals surface area contributed by atoms with Gasteiger partial charge in [0.05, 0.1) is 30.0 Å². The minimum absolute atomic E-state index is 0.0726. The molecule has 1 fully saturated rings. The normalized spacial score (nSPS) is 15.9. The first-order chi connectivity index (χ1) is 18.4. The van der Waals surface area contributed by atoms with Gasteiger partial charge in [0.1, 0.15) is 17.3 Å². The number of pyridine rings is 1. The van der Waals surface area contributed by atoms with Crippen molar-refractivity contribution in [3.05, 3.63) is 95.1 Å². The summed E-state index contributed by atoms with van der Waals surface area (Å²) in [5.41, 5.74) is 4.08. The number of fused-ring (bicyclic) bond motifs is 1.